The van der Waals surface area contributed by atoms with Crippen LogP contribution in [0.1, 0.15) is 29.7 Å². The van der Waals surface area contributed by atoms with Crippen molar-refractivity contribution >= 4 is 27.5 Å². The highest BCUT2D eigenvalue weighted by Gasteiger charge is 2.14. The molecule has 0 aromatic heterocycles. The van der Waals surface area contributed by atoms with Gasteiger partial charge in [-0.3, -0.25) is 0 Å². The van der Waals surface area contributed by atoms with Crippen LogP contribution in [0.5, 0.6) is 5.75 Å². The molecule has 0 aliphatic rings. The quantitative estimate of drug-likeness (QED) is 0.791. The lowest BCUT2D eigenvalue weighted by molar-refractivity contribution is 0.338. The van der Waals surface area contributed by atoms with Gasteiger partial charge in [-0.25, -0.2) is 0 Å². The maximum atomic E-state index is 6.11. The zero-order valence-corrected chi connectivity index (χ0v) is 14.8. The largest absolute Gasteiger partial charge is 0.493 e. The molecule has 4 heteroatoms. The van der Waals surface area contributed by atoms with Gasteiger partial charge >= 0.3 is 0 Å². The van der Waals surface area contributed by atoms with Crippen molar-refractivity contribution < 1.29 is 4.74 Å². The van der Waals surface area contributed by atoms with E-state index in [0.29, 0.717) is 6.61 Å². The van der Waals surface area contributed by atoms with E-state index in [2.05, 4.69) is 45.5 Å². The Morgan fingerprint density at radius 3 is 2.43 bits per heavy atom. The third kappa shape index (κ3) is 3.79. The minimum absolute atomic E-state index is 0.118. The van der Waals surface area contributed by atoms with Gasteiger partial charge in [-0.15, -0.1) is 0 Å². The second-order valence-electron chi connectivity index (χ2n) is 4.85. The monoisotopic (exact) mass is 367 g/mol. The Balaban J connectivity index is 2.36. The minimum atomic E-state index is 0.118. The first-order valence-corrected chi connectivity index (χ1v) is 8.09. The Labute approximate surface area is 139 Å². The lowest BCUT2D eigenvalue weighted by Crippen LogP contribution is -2.17. The van der Waals surface area contributed by atoms with Crippen LogP contribution >= 0.6 is 27.5 Å². The third-order valence-electron chi connectivity index (χ3n) is 3.39. The Morgan fingerprint density at radius 1 is 1.19 bits per heavy atom. The first-order valence-electron chi connectivity index (χ1n) is 6.92. The van der Waals surface area contributed by atoms with Crippen LogP contribution in [0.3, 0.4) is 0 Å². The summed E-state index contributed by atoms with van der Waals surface area (Å²) in [7, 11) is 1.96. The van der Waals surface area contributed by atoms with Gasteiger partial charge in [0.1, 0.15) is 5.75 Å². The Morgan fingerprint density at radius 2 is 1.86 bits per heavy atom. The lowest BCUT2D eigenvalue weighted by atomic mass is 9.97. The molecule has 0 spiro atoms. The van der Waals surface area contributed by atoms with Gasteiger partial charge in [0.05, 0.1) is 17.1 Å². The summed E-state index contributed by atoms with van der Waals surface area (Å²) in [6.45, 7) is 4.66. The molecule has 2 nitrogen and oxygen atoms in total. The third-order valence-corrected chi connectivity index (χ3v) is 4.44. The first-order chi connectivity index (χ1) is 10.1. The first kappa shape index (κ1) is 16.3. The van der Waals surface area contributed by atoms with Crippen molar-refractivity contribution in [2.45, 2.75) is 19.9 Å². The fourth-order valence-electron chi connectivity index (χ4n) is 2.34. The van der Waals surface area contributed by atoms with E-state index >= 15 is 0 Å². The molecule has 2 rings (SSSR count). The molecule has 0 fully saturated rings. The smallest absolute Gasteiger partial charge is 0.133 e. The summed E-state index contributed by atoms with van der Waals surface area (Å²) in [6, 6.07) is 12.4. The van der Waals surface area contributed by atoms with E-state index < -0.39 is 0 Å². The van der Waals surface area contributed by atoms with Crippen molar-refractivity contribution in [2.75, 3.05) is 13.7 Å². The van der Waals surface area contributed by atoms with Gasteiger partial charge in [-0.1, -0.05) is 29.8 Å². The van der Waals surface area contributed by atoms with Crippen molar-refractivity contribution in [3.8, 4) is 5.75 Å². The number of halogens is 2. The normalized spacial score (nSPS) is 12.2. The maximum Gasteiger partial charge on any atom is 0.133 e. The van der Waals surface area contributed by atoms with E-state index in [1.54, 1.807) is 0 Å². The molecule has 0 heterocycles. The molecule has 2 aromatic carbocycles. The van der Waals surface area contributed by atoms with Crippen LogP contribution in [-0.2, 0) is 0 Å². The standard InChI is InChI=1S/C17H19BrClNO/c1-4-21-16-8-6-13(10-14(16)18)17(20-3)12-5-7-15(19)11(2)9-12/h5-10,17,20H,4H2,1-3H3. The Hall–Kier alpha value is -1.03. The molecule has 21 heavy (non-hydrogen) atoms. The van der Waals surface area contributed by atoms with E-state index in [1.807, 2.05) is 33.0 Å². The van der Waals surface area contributed by atoms with Gasteiger partial charge in [0.2, 0.25) is 0 Å². The molecule has 0 saturated heterocycles. The number of hydrogen-bond acceptors (Lipinski definition) is 2. The number of ether oxygens (including phenoxy) is 1. The predicted octanol–water partition coefficient (Wildman–Crippen LogP) is 5.12. The fraction of sp³-hybridized carbons (Fsp3) is 0.294. The number of aryl methyl sites for hydroxylation is 1. The molecule has 1 unspecified atom stereocenters. The molecular formula is C17H19BrClNO. The van der Waals surface area contributed by atoms with Crippen LogP contribution < -0.4 is 10.1 Å². The van der Waals surface area contributed by atoms with Crippen LogP contribution in [-0.4, -0.2) is 13.7 Å². The van der Waals surface area contributed by atoms with Gasteiger partial charge in [0, 0.05) is 5.02 Å². The molecule has 1 atom stereocenters. The number of hydrogen-bond donors (Lipinski definition) is 1. The van der Waals surface area contributed by atoms with Gasteiger partial charge in [-0.05, 0) is 71.7 Å². The maximum absolute atomic E-state index is 6.11. The van der Waals surface area contributed by atoms with Crippen LogP contribution in [0, 0.1) is 6.92 Å². The van der Waals surface area contributed by atoms with Crippen molar-refractivity contribution in [1.82, 2.24) is 5.32 Å². The zero-order chi connectivity index (χ0) is 15.4. The van der Waals surface area contributed by atoms with Crippen LogP contribution in [0.25, 0.3) is 0 Å². The molecule has 1 N–H and O–H groups in total. The van der Waals surface area contributed by atoms with Gasteiger partial charge < -0.3 is 10.1 Å². The molecule has 0 amide bonds. The molecule has 0 aliphatic carbocycles. The highest BCUT2D eigenvalue weighted by molar-refractivity contribution is 9.10. The van der Waals surface area contributed by atoms with E-state index in [4.69, 9.17) is 16.3 Å². The minimum Gasteiger partial charge on any atom is -0.493 e. The summed E-state index contributed by atoms with van der Waals surface area (Å²) in [5.41, 5.74) is 3.45. The topological polar surface area (TPSA) is 21.3 Å². The lowest BCUT2D eigenvalue weighted by Gasteiger charge is -2.19. The molecular weight excluding hydrogens is 350 g/mol. The number of benzene rings is 2. The van der Waals surface area contributed by atoms with Crippen molar-refractivity contribution in [2.24, 2.45) is 0 Å². The Kier molecular flexibility index (Phi) is 5.68. The number of nitrogens with one attached hydrogen (secondary N) is 1. The number of rotatable bonds is 5. The predicted molar refractivity (Wildman–Crippen MR) is 92.4 cm³/mol. The van der Waals surface area contributed by atoms with Gasteiger partial charge in [0.25, 0.3) is 0 Å². The van der Waals surface area contributed by atoms with Crippen LogP contribution in [0.4, 0.5) is 0 Å². The van der Waals surface area contributed by atoms with Gasteiger partial charge in [0.15, 0.2) is 0 Å². The zero-order valence-electron chi connectivity index (χ0n) is 12.4. The summed E-state index contributed by atoms with van der Waals surface area (Å²) in [5.74, 6) is 0.864. The molecule has 0 radical (unpaired) electrons. The highest BCUT2D eigenvalue weighted by atomic mass is 79.9. The summed E-state index contributed by atoms with van der Waals surface area (Å²) in [5, 5.41) is 4.15. The van der Waals surface area contributed by atoms with E-state index in [1.165, 1.54) is 11.1 Å². The highest BCUT2D eigenvalue weighted by Crippen LogP contribution is 2.31. The van der Waals surface area contributed by atoms with Crippen molar-refractivity contribution in [3.05, 3.63) is 62.6 Å². The molecule has 0 bridgehead atoms. The van der Waals surface area contributed by atoms with Crippen LogP contribution in [0.15, 0.2) is 40.9 Å². The summed E-state index contributed by atoms with van der Waals surface area (Å²) in [6.07, 6.45) is 0. The molecule has 0 aliphatic heterocycles. The molecule has 0 saturated carbocycles. The fourth-order valence-corrected chi connectivity index (χ4v) is 2.97. The summed E-state index contributed by atoms with van der Waals surface area (Å²) < 4.78 is 6.53. The Bertz CT molecular complexity index is 630. The SMILES string of the molecule is CCOc1ccc(C(NC)c2ccc(Cl)c(C)c2)cc1Br. The van der Waals surface area contributed by atoms with Gasteiger partial charge in [-0.2, -0.15) is 0 Å². The van der Waals surface area contributed by atoms with Crippen molar-refractivity contribution in [1.29, 1.82) is 0 Å². The summed E-state index contributed by atoms with van der Waals surface area (Å²) >= 11 is 9.68. The van der Waals surface area contributed by atoms with Crippen LogP contribution in [0.2, 0.25) is 5.02 Å². The second kappa shape index (κ2) is 7.30. The molecule has 112 valence electrons. The average Bonchev–Trinajstić information content (AvgIpc) is 2.46. The second-order valence-corrected chi connectivity index (χ2v) is 6.11. The van der Waals surface area contributed by atoms with E-state index in [-0.39, 0.29) is 6.04 Å². The summed E-state index contributed by atoms with van der Waals surface area (Å²) in [4.78, 5) is 0. The van der Waals surface area contributed by atoms with E-state index in [0.717, 1.165) is 20.8 Å². The molecule has 2 aromatic rings. The average molecular weight is 369 g/mol. The van der Waals surface area contributed by atoms with E-state index in [9.17, 15) is 0 Å². The van der Waals surface area contributed by atoms with Crippen molar-refractivity contribution in [3.63, 3.8) is 0 Å².